The molecule has 0 atom stereocenters. The van der Waals surface area contributed by atoms with Gasteiger partial charge in [0.25, 0.3) is 0 Å². The molecule has 0 amide bonds. The first kappa shape index (κ1) is 13.4. The van der Waals surface area contributed by atoms with E-state index in [0.29, 0.717) is 0 Å². The number of carbonyl (C=O) groups is 1. The van der Waals surface area contributed by atoms with E-state index in [1.54, 1.807) is 13.0 Å². The second-order valence-electron chi connectivity index (χ2n) is 3.56. The maximum Gasteiger partial charge on any atom is 0.185 e. The molecule has 0 aromatic heterocycles. The van der Waals surface area contributed by atoms with Crippen LogP contribution >= 0.6 is 15.9 Å². The fraction of sp³-hybridized carbons (Fsp3) is 0.364. The molecular formula is C11H13BrO3S. The highest BCUT2D eigenvalue weighted by Crippen LogP contribution is 2.21. The van der Waals surface area contributed by atoms with E-state index in [1.165, 1.54) is 12.1 Å². The van der Waals surface area contributed by atoms with E-state index < -0.39 is 15.6 Å². The van der Waals surface area contributed by atoms with Gasteiger partial charge in [0.15, 0.2) is 9.84 Å². The third-order valence-electron chi connectivity index (χ3n) is 2.25. The Hall–Kier alpha value is -0.680. The molecule has 1 aromatic rings. The van der Waals surface area contributed by atoms with Gasteiger partial charge in [0.05, 0.1) is 4.90 Å². The average Bonchev–Trinajstić information content (AvgIpc) is 2.21. The van der Waals surface area contributed by atoms with E-state index in [1.807, 2.05) is 6.92 Å². The Bertz CT molecular complexity index is 506. The van der Waals surface area contributed by atoms with Crippen LogP contribution in [0.5, 0.6) is 0 Å². The summed E-state index contributed by atoms with van der Waals surface area (Å²) in [5.74, 6) is -0.685. The average molecular weight is 305 g/mol. The number of halogens is 1. The molecule has 1 aromatic carbocycles. The lowest BCUT2D eigenvalue weighted by atomic mass is 10.2. The van der Waals surface area contributed by atoms with Gasteiger partial charge in [0.1, 0.15) is 11.5 Å². The molecule has 0 aliphatic rings. The lowest BCUT2D eigenvalue weighted by Crippen LogP contribution is -2.15. The van der Waals surface area contributed by atoms with Gasteiger partial charge in [-0.15, -0.1) is 0 Å². The molecule has 0 aliphatic carbocycles. The predicted molar refractivity (Wildman–Crippen MR) is 66.2 cm³/mol. The van der Waals surface area contributed by atoms with Crippen LogP contribution < -0.4 is 0 Å². The van der Waals surface area contributed by atoms with E-state index in [9.17, 15) is 13.2 Å². The number of carbonyl (C=O) groups excluding carboxylic acids is 1. The Morgan fingerprint density at radius 3 is 2.50 bits per heavy atom. The summed E-state index contributed by atoms with van der Waals surface area (Å²) in [7, 11) is -3.49. The topological polar surface area (TPSA) is 51.2 Å². The van der Waals surface area contributed by atoms with Gasteiger partial charge in [-0.3, -0.25) is 4.79 Å². The van der Waals surface area contributed by atoms with Crippen molar-refractivity contribution in [2.75, 3.05) is 5.75 Å². The molecular weight excluding hydrogens is 292 g/mol. The van der Waals surface area contributed by atoms with Gasteiger partial charge in [-0.25, -0.2) is 8.42 Å². The van der Waals surface area contributed by atoms with Crippen molar-refractivity contribution >= 4 is 31.6 Å². The monoisotopic (exact) mass is 304 g/mol. The molecule has 0 fully saturated rings. The third-order valence-corrected chi connectivity index (χ3v) is 4.78. The van der Waals surface area contributed by atoms with Crippen molar-refractivity contribution in [3.8, 4) is 0 Å². The second kappa shape index (κ2) is 5.10. The van der Waals surface area contributed by atoms with Gasteiger partial charge in [-0.05, 0) is 24.6 Å². The molecule has 0 unspecified atom stereocenters. The summed E-state index contributed by atoms with van der Waals surface area (Å²) >= 11 is 3.27. The summed E-state index contributed by atoms with van der Waals surface area (Å²) < 4.78 is 24.4. The van der Waals surface area contributed by atoms with Crippen LogP contribution in [0.4, 0.5) is 0 Å². The highest BCUT2D eigenvalue weighted by atomic mass is 79.9. The minimum absolute atomic E-state index is 0.187. The molecule has 0 saturated carbocycles. The first-order chi connectivity index (χ1) is 7.36. The molecule has 0 aliphatic heterocycles. The number of benzene rings is 1. The van der Waals surface area contributed by atoms with Crippen molar-refractivity contribution in [3.63, 3.8) is 0 Å². The van der Waals surface area contributed by atoms with Gasteiger partial charge in [-0.2, -0.15) is 0 Å². The highest BCUT2D eigenvalue weighted by Gasteiger charge is 2.18. The third kappa shape index (κ3) is 3.15. The van der Waals surface area contributed by atoms with Crippen LogP contribution in [0.15, 0.2) is 27.6 Å². The van der Waals surface area contributed by atoms with Gasteiger partial charge in [0, 0.05) is 10.9 Å². The van der Waals surface area contributed by atoms with Crippen molar-refractivity contribution in [1.82, 2.24) is 0 Å². The number of hydrogen-bond acceptors (Lipinski definition) is 3. The van der Waals surface area contributed by atoms with E-state index in [0.717, 1.165) is 10.0 Å². The van der Waals surface area contributed by atoms with Gasteiger partial charge < -0.3 is 0 Å². The fourth-order valence-corrected chi connectivity index (χ4v) is 3.06. The van der Waals surface area contributed by atoms with Gasteiger partial charge in [0.2, 0.25) is 0 Å². The van der Waals surface area contributed by atoms with Crippen molar-refractivity contribution in [3.05, 3.63) is 28.2 Å². The molecule has 0 N–H and O–H groups in total. The SMILES string of the molecule is CCC(=O)CS(=O)(=O)c1ccc(C)c(Br)c1. The molecule has 16 heavy (non-hydrogen) atoms. The fourth-order valence-electron chi connectivity index (χ4n) is 1.16. The van der Waals surface area contributed by atoms with Crippen LogP contribution in [0.2, 0.25) is 0 Å². The first-order valence-electron chi connectivity index (χ1n) is 4.87. The van der Waals surface area contributed by atoms with Gasteiger partial charge in [-0.1, -0.05) is 28.9 Å². The molecule has 0 heterocycles. The van der Waals surface area contributed by atoms with Crippen LogP contribution in [-0.4, -0.2) is 20.0 Å². The number of aryl methyl sites for hydroxylation is 1. The summed E-state index contributed by atoms with van der Waals surface area (Å²) in [6, 6.07) is 4.78. The lowest BCUT2D eigenvalue weighted by Gasteiger charge is -2.05. The summed E-state index contributed by atoms with van der Waals surface area (Å²) in [5, 5.41) is 0. The van der Waals surface area contributed by atoms with E-state index >= 15 is 0 Å². The minimum atomic E-state index is -3.49. The number of ketones is 1. The zero-order valence-corrected chi connectivity index (χ0v) is 11.6. The summed E-state index contributed by atoms with van der Waals surface area (Å²) in [5.41, 5.74) is 0.959. The normalized spacial score (nSPS) is 11.4. The Morgan fingerprint density at radius 1 is 1.38 bits per heavy atom. The van der Waals surface area contributed by atoms with E-state index in [2.05, 4.69) is 15.9 Å². The standard InChI is InChI=1S/C11H13BrO3S/c1-3-9(13)7-16(14,15)10-5-4-8(2)11(12)6-10/h4-6H,3,7H2,1-2H3. The van der Waals surface area contributed by atoms with Crippen LogP contribution in [-0.2, 0) is 14.6 Å². The largest absolute Gasteiger partial charge is 0.299 e. The highest BCUT2D eigenvalue weighted by molar-refractivity contribution is 9.10. The Kier molecular flexibility index (Phi) is 4.27. The van der Waals surface area contributed by atoms with Crippen molar-refractivity contribution in [2.45, 2.75) is 25.2 Å². The summed E-state index contributed by atoms with van der Waals surface area (Å²) in [4.78, 5) is 11.3. The van der Waals surface area contributed by atoms with Crippen molar-refractivity contribution in [1.29, 1.82) is 0 Å². The Labute approximate surface area is 104 Å². The van der Waals surface area contributed by atoms with Crippen LogP contribution in [0.25, 0.3) is 0 Å². The molecule has 5 heteroatoms. The molecule has 1 rings (SSSR count). The predicted octanol–water partition coefficient (Wildman–Crippen LogP) is 2.51. The lowest BCUT2D eigenvalue weighted by molar-refractivity contribution is -0.116. The summed E-state index contributed by atoms with van der Waals surface area (Å²) in [6.07, 6.45) is 0.242. The maximum atomic E-state index is 11.8. The van der Waals surface area contributed by atoms with E-state index in [-0.39, 0.29) is 17.1 Å². The molecule has 0 radical (unpaired) electrons. The number of Topliss-reactive ketones (excluding diaryl/α,β-unsaturated/α-hetero) is 1. The van der Waals surface area contributed by atoms with Crippen LogP contribution in [0, 0.1) is 6.92 Å². The van der Waals surface area contributed by atoms with E-state index in [4.69, 9.17) is 0 Å². The zero-order valence-electron chi connectivity index (χ0n) is 9.16. The van der Waals surface area contributed by atoms with Crippen LogP contribution in [0.3, 0.4) is 0 Å². The Balaban J connectivity index is 3.08. The summed E-state index contributed by atoms with van der Waals surface area (Å²) in [6.45, 7) is 3.53. The molecule has 88 valence electrons. The quantitative estimate of drug-likeness (QED) is 0.859. The molecule has 3 nitrogen and oxygen atoms in total. The molecule has 0 bridgehead atoms. The number of hydrogen-bond donors (Lipinski definition) is 0. The molecule has 0 spiro atoms. The van der Waals surface area contributed by atoms with Crippen LogP contribution in [0.1, 0.15) is 18.9 Å². The smallest absolute Gasteiger partial charge is 0.185 e. The first-order valence-corrected chi connectivity index (χ1v) is 7.32. The van der Waals surface area contributed by atoms with Crippen molar-refractivity contribution < 1.29 is 13.2 Å². The minimum Gasteiger partial charge on any atom is -0.299 e. The number of sulfone groups is 1. The molecule has 0 saturated heterocycles. The maximum absolute atomic E-state index is 11.8. The van der Waals surface area contributed by atoms with Gasteiger partial charge >= 0.3 is 0 Å². The van der Waals surface area contributed by atoms with Crippen molar-refractivity contribution in [2.24, 2.45) is 0 Å². The number of rotatable bonds is 4. The second-order valence-corrected chi connectivity index (χ2v) is 6.41. The zero-order chi connectivity index (χ0) is 12.3. The Morgan fingerprint density at radius 2 is 2.00 bits per heavy atom.